The Morgan fingerprint density at radius 1 is 1.13 bits per heavy atom. The average Bonchev–Trinajstić information content (AvgIpc) is 3.40. The van der Waals surface area contributed by atoms with E-state index in [0.717, 1.165) is 32.5 Å². The number of likely N-dealkylation sites (tertiary alicyclic amines) is 2. The molecule has 2 saturated heterocycles. The van der Waals surface area contributed by atoms with Crippen molar-refractivity contribution in [2.75, 3.05) is 13.1 Å². The number of carbonyl (C=O) groups excluding carboxylic acids is 1. The van der Waals surface area contributed by atoms with Gasteiger partial charge in [-0.1, -0.05) is 0 Å². The molecule has 0 bridgehead atoms. The van der Waals surface area contributed by atoms with Crippen LogP contribution in [0.1, 0.15) is 28.8 Å². The van der Waals surface area contributed by atoms with Crippen LogP contribution in [0.5, 0.6) is 0 Å². The summed E-state index contributed by atoms with van der Waals surface area (Å²) >= 11 is 0. The molecular formula is C20H22F4N4O3. The van der Waals surface area contributed by atoms with Gasteiger partial charge < -0.3 is 10.0 Å². The van der Waals surface area contributed by atoms with E-state index in [1.54, 1.807) is 12.1 Å². The Hall–Kier alpha value is -2.95. The third-order valence-corrected chi connectivity index (χ3v) is 5.43. The minimum absolute atomic E-state index is 0.0192. The maximum atomic E-state index is 13.1. The summed E-state index contributed by atoms with van der Waals surface area (Å²) in [5, 5.41) is 11.4. The molecule has 1 N–H and O–H groups in total. The predicted octanol–water partition coefficient (Wildman–Crippen LogP) is 2.68. The summed E-state index contributed by atoms with van der Waals surface area (Å²) < 4.78 is 46.6. The maximum absolute atomic E-state index is 13.1. The van der Waals surface area contributed by atoms with Crippen LogP contribution >= 0.6 is 0 Å². The van der Waals surface area contributed by atoms with Crippen LogP contribution in [0.15, 0.2) is 36.7 Å². The summed E-state index contributed by atoms with van der Waals surface area (Å²) in [5.74, 6) is -3.05. The number of alkyl halides is 3. The number of rotatable bonds is 3. The molecule has 31 heavy (non-hydrogen) atoms. The molecular weight excluding hydrogens is 420 g/mol. The maximum Gasteiger partial charge on any atom is 0.490 e. The number of fused-ring (bicyclic) bond motifs is 1. The molecule has 2 aromatic rings. The van der Waals surface area contributed by atoms with Gasteiger partial charge in [-0.3, -0.25) is 14.4 Å². The Kier molecular flexibility index (Phi) is 6.63. The number of benzene rings is 1. The van der Waals surface area contributed by atoms with Gasteiger partial charge in [0.15, 0.2) is 0 Å². The standard InChI is InChI=1S/C18H21FN4O.C2HF3O2/c1-21-11-13(10-20-21)12-22-8-6-17-16(22)7-9-23(17)18(24)14-2-4-15(19)5-3-14;3-2(4,5)1(6)7/h2-5,10-11,16-17H,6-9,12H2,1H3;(H,6,7)/t16-,17+;/m0./s1. The van der Waals surface area contributed by atoms with Crippen LogP contribution in [0.2, 0.25) is 0 Å². The highest BCUT2D eigenvalue weighted by atomic mass is 19.4. The number of carboxylic acids is 1. The lowest BCUT2D eigenvalue weighted by molar-refractivity contribution is -0.192. The van der Waals surface area contributed by atoms with Crippen molar-refractivity contribution in [1.82, 2.24) is 19.6 Å². The van der Waals surface area contributed by atoms with Crippen LogP contribution in [-0.2, 0) is 18.4 Å². The van der Waals surface area contributed by atoms with Gasteiger partial charge in [0.1, 0.15) is 5.82 Å². The van der Waals surface area contributed by atoms with Gasteiger partial charge in [-0.05, 0) is 37.1 Å². The number of carbonyl (C=O) groups is 2. The van der Waals surface area contributed by atoms with Crippen LogP contribution in [0.4, 0.5) is 17.6 Å². The van der Waals surface area contributed by atoms with Crippen molar-refractivity contribution >= 4 is 11.9 Å². The Balaban J connectivity index is 0.000000339. The van der Waals surface area contributed by atoms with Gasteiger partial charge in [-0.2, -0.15) is 18.3 Å². The van der Waals surface area contributed by atoms with Crippen molar-refractivity contribution < 1.29 is 32.3 Å². The van der Waals surface area contributed by atoms with Crippen LogP contribution in [-0.4, -0.2) is 67.9 Å². The zero-order chi connectivity index (χ0) is 22.8. The second-order valence-corrected chi connectivity index (χ2v) is 7.51. The third-order valence-electron chi connectivity index (χ3n) is 5.43. The van der Waals surface area contributed by atoms with Crippen molar-refractivity contribution in [3.8, 4) is 0 Å². The number of hydrogen-bond acceptors (Lipinski definition) is 4. The highest BCUT2D eigenvalue weighted by Crippen LogP contribution is 2.33. The van der Waals surface area contributed by atoms with Crippen LogP contribution < -0.4 is 0 Å². The molecule has 0 aliphatic carbocycles. The summed E-state index contributed by atoms with van der Waals surface area (Å²) in [6.07, 6.45) is 0.864. The first-order valence-corrected chi connectivity index (χ1v) is 9.64. The van der Waals surface area contributed by atoms with E-state index in [-0.39, 0.29) is 17.8 Å². The van der Waals surface area contributed by atoms with Crippen molar-refractivity contribution in [3.63, 3.8) is 0 Å². The van der Waals surface area contributed by atoms with E-state index in [1.165, 1.54) is 17.7 Å². The van der Waals surface area contributed by atoms with Crippen LogP contribution in [0.3, 0.4) is 0 Å². The molecule has 7 nitrogen and oxygen atoms in total. The second kappa shape index (κ2) is 9.04. The number of nitrogens with zero attached hydrogens (tertiary/aromatic N) is 4. The molecule has 2 atom stereocenters. The Labute approximate surface area is 175 Å². The van der Waals surface area contributed by atoms with Gasteiger partial charge >= 0.3 is 12.1 Å². The molecule has 0 spiro atoms. The molecule has 0 radical (unpaired) electrons. The number of aromatic nitrogens is 2. The minimum atomic E-state index is -5.08. The first kappa shape index (κ1) is 22.7. The molecule has 0 saturated carbocycles. The molecule has 2 fully saturated rings. The number of aryl methyl sites for hydroxylation is 1. The molecule has 0 unspecified atom stereocenters. The summed E-state index contributed by atoms with van der Waals surface area (Å²) in [5.41, 5.74) is 1.78. The van der Waals surface area contributed by atoms with E-state index in [9.17, 15) is 22.4 Å². The Morgan fingerprint density at radius 3 is 2.29 bits per heavy atom. The number of halogens is 4. The number of amides is 1. The van der Waals surface area contributed by atoms with Gasteiger partial charge in [0.25, 0.3) is 5.91 Å². The molecule has 11 heteroatoms. The van der Waals surface area contributed by atoms with Gasteiger partial charge in [0.05, 0.1) is 6.20 Å². The SMILES string of the molecule is Cn1cc(CN2CC[C@@H]3[C@@H]2CCN3C(=O)c2ccc(F)cc2)cn1.O=C(O)C(F)(F)F. The zero-order valence-electron chi connectivity index (χ0n) is 16.7. The first-order chi connectivity index (χ1) is 14.6. The molecule has 2 aliphatic rings. The quantitative estimate of drug-likeness (QED) is 0.740. The summed E-state index contributed by atoms with van der Waals surface area (Å²) in [7, 11) is 1.93. The van der Waals surface area contributed by atoms with Gasteiger partial charge in [0, 0.05) is 56.1 Å². The van der Waals surface area contributed by atoms with Crippen molar-refractivity contribution in [3.05, 3.63) is 53.6 Å². The number of carboxylic acid groups (broad SMARTS) is 1. The lowest BCUT2D eigenvalue weighted by Crippen LogP contribution is -2.39. The second-order valence-electron chi connectivity index (χ2n) is 7.51. The monoisotopic (exact) mass is 442 g/mol. The summed E-state index contributed by atoms with van der Waals surface area (Å²) in [6, 6.07) is 6.53. The van der Waals surface area contributed by atoms with Crippen molar-refractivity contribution in [2.24, 2.45) is 7.05 Å². The topological polar surface area (TPSA) is 78.7 Å². The smallest absolute Gasteiger partial charge is 0.475 e. The van der Waals surface area contributed by atoms with Crippen LogP contribution in [0.25, 0.3) is 0 Å². The van der Waals surface area contributed by atoms with Gasteiger partial charge in [-0.25, -0.2) is 9.18 Å². The molecule has 2 aliphatic heterocycles. The third kappa shape index (κ3) is 5.40. The first-order valence-electron chi connectivity index (χ1n) is 9.64. The molecule has 3 heterocycles. The Morgan fingerprint density at radius 2 is 1.74 bits per heavy atom. The summed E-state index contributed by atoms with van der Waals surface area (Å²) in [6.45, 7) is 2.65. The lowest BCUT2D eigenvalue weighted by Gasteiger charge is -2.25. The molecule has 1 aromatic carbocycles. The predicted molar refractivity (Wildman–Crippen MR) is 102 cm³/mol. The molecule has 1 aromatic heterocycles. The van der Waals surface area contributed by atoms with Crippen molar-refractivity contribution in [2.45, 2.75) is 37.6 Å². The lowest BCUT2D eigenvalue weighted by atomic mass is 10.1. The fraction of sp³-hybridized carbons (Fsp3) is 0.450. The summed E-state index contributed by atoms with van der Waals surface area (Å²) in [4.78, 5) is 26.1. The van der Waals surface area contributed by atoms with E-state index in [2.05, 4.69) is 10.00 Å². The largest absolute Gasteiger partial charge is 0.490 e. The molecule has 4 rings (SSSR count). The van der Waals surface area contributed by atoms with Gasteiger partial charge in [-0.15, -0.1) is 0 Å². The van der Waals surface area contributed by atoms with Gasteiger partial charge in [0.2, 0.25) is 0 Å². The number of aliphatic carboxylic acids is 1. The Bertz CT molecular complexity index is 929. The van der Waals surface area contributed by atoms with E-state index in [4.69, 9.17) is 9.90 Å². The fourth-order valence-corrected chi connectivity index (χ4v) is 4.07. The average molecular weight is 442 g/mol. The van der Waals surface area contributed by atoms with E-state index in [1.807, 2.05) is 29.0 Å². The van der Waals surface area contributed by atoms with Crippen LogP contribution in [0, 0.1) is 5.82 Å². The molecule has 168 valence electrons. The zero-order valence-corrected chi connectivity index (χ0v) is 16.7. The van der Waals surface area contributed by atoms with E-state index in [0.29, 0.717) is 11.6 Å². The van der Waals surface area contributed by atoms with Crippen molar-refractivity contribution in [1.29, 1.82) is 0 Å². The highest BCUT2D eigenvalue weighted by molar-refractivity contribution is 5.94. The van der Waals surface area contributed by atoms with E-state index < -0.39 is 12.1 Å². The highest BCUT2D eigenvalue weighted by Gasteiger charge is 2.44. The molecule has 1 amide bonds. The van der Waals surface area contributed by atoms with E-state index >= 15 is 0 Å². The fourth-order valence-electron chi connectivity index (χ4n) is 4.07. The normalized spacial score (nSPS) is 20.9. The minimum Gasteiger partial charge on any atom is -0.475 e. The number of hydrogen-bond donors (Lipinski definition) is 1.